The van der Waals surface area contributed by atoms with Crippen LogP contribution in [0, 0.1) is 40.8 Å². The van der Waals surface area contributed by atoms with Crippen LogP contribution in [0.25, 0.3) is 0 Å². The molecule has 0 aromatic carbocycles. The van der Waals surface area contributed by atoms with Crippen LogP contribution in [0.15, 0.2) is 0 Å². The molecule has 0 aliphatic carbocycles. The largest absolute Gasteiger partial charge is 3.00 e. The standard InChI is InChI=1S/Ga.Nd.4H2O.Ti/h;;4*1H2;/q2*+3;;;;;/p-4. The molecule has 37 valence electrons. The predicted molar refractivity (Wildman–Crippen MR) is 13.5 cm³/mol. The summed E-state index contributed by atoms with van der Waals surface area (Å²) in [6.07, 6.45) is 0. The van der Waals surface area contributed by atoms with Crippen LogP contribution in [0.3, 0.4) is 0 Å². The average Bonchev–Trinajstić information content (AvgIpc) is 0. The van der Waals surface area contributed by atoms with E-state index in [0.717, 1.165) is 0 Å². The van der Waals surface area contributed by atoms with Gasteiger partial charge in [-0.3, -0.25) is 0 Å². The minimum atomic E-state index is 0. The van der Waals surface area contributed by atoms with Crippen molar-refractivity contribution < 1.29 is 84.5 Å². The molecule has 4 N–H and O–H groups in total. The molecule has 0 aromatic rings. The van der Waals surface area contributed by atoms with Gasteiger partial charge < -0.3 is 21.9 Å². The zero-order valence-electron chi connectivity index (χ0n) is 3.37. The second-order valence-electron chi connectivity index (χ2n) is 0. The van der Waals surface area contributed by atoms with E-state index in [1.807, 2.05) is 0 Å². The van der Waals surface area contributed by atoms with E-state index in [2.05, 4.69) is 0 Å². The predicted octanol–water partition coefficient (Wildman–Crippen LogP) is -1.09. The van der Waals surface area contributed by atoms with Crippen molar-refractivity contribution in [2.45, 2.75) is 0 Å². The molecular formula is H4GaNdO4Ti+2. The van der Waals surface area contributed by atoms with Gasteiger partial charge in [0.1, 0.15) is 0 Å². The first-order valence-corrected chi connectivity index (χ1v) is 0. The van der Waals surface area contributed by atoms with Gasteiger partial charge >= 0.3 is 60.6 Å². The maximum Gasteiger partial charge on any atom is 3.00 e. The quantitative estimate of drug-likeness (QED) is 0.524. The van der Waals surface area contributed by atoms with Crippen molar-refractivity contribution in [3.63, 3.8) is 0 Å². The van der Waals surface area contributed by atoms with Gasteiger partial charge in [-0.25, -0.2) is 0 Å². The third-order valence-electron chi connectivity index (χ3n) is 0. The van der Waals surface area contributed by atoms with Gasteiger partial charge in [0.05, 0.1) is 0 Å². The Bertz CT molecular complexity index is 11.7. The Morgan fingerprint density at radius 3 is 0.571 bits per heavy atom. The van der Waals surface area contributed by atoms with Crippen molar-refractivity contribution in [3.8, 4) is 0 Å². The maximum absolute atomic E-state index is 0. The first-order chi connectivity index (χ1) is 0. The van der Waals surface area contributed by atoms with Gasteiger partial charge in [-0.1, -0.05) is 0 Å². The summed E-state index contributed by atoms with van der Waals surface area (Å²) in [5.74, 6) is 0. The minimum Gasteiger partial charge on any atom is -0.870 e. The Kier molecular flexibility index (Phi) is 1160. The Morgan fingerprint density at radius 2 is 0.571 bits per heavy atom. The normalized spacial score (nSPS) is 0. The zero-order chi connectivity index (χ0) is 0. The van der Waals surface area contributed by atoms with Crippen LogP contribution >= 0.6 is 0 Å². The first-order valence-electron chi connectivity index (χ1n) is 0. The van der Waals surface area contributed by atoms with Crippen LogP contribution in [0.4, 0.5) is 0 Å². The molecule has 0 rings (SSSR count). The number of hydrogen-bond donors (Lipinski definition) is 0. The molecule has 7 heteroatoms. The Morgan fingerprint density at radius 1 is 0.571 bits per heavy atom. The summed E-state index contributed by atoms with van der Waals surface area (Å²) in [4.78, 5) is 0. The molecule has 0 bridgehead atoms. The number of rotatable bonds is 0. The van der Waals surface area contributed by atoms with Crippen LogP contribution < -0.4 is 0 Å². The van der Waals surface area contributed by atoms with E-state index in [1.165, 1.54) is 0 Å². The van der Waals surface area contributed by atoms with E-state index in [-0.39, 0.29) is 104 Å². The summed E-state index contributed by atoms with van der Waals surface area (Å²) in [6, 6.07) is 0. The van der Waals surface area contributed by atoms with Gasteiger partial charge in [0.25, 0.3) is 0 Å². The van der Waals surface area contributed by atoms with Crippen molar-refractivity contribution >= 4 is 19.8 Å². The Hall–Kier alpha value is 2.54. The van der Waals surface area contributed by atoms with Gasteiger partial charge in [-0.2, -0.15) is 0 Å². The molecule has 0 aliphatic rings. The smallest absolute Gasteiger partial charge is 0.870 e. The molecule has 0 atom stereocenters. The summed E-state index contributed by atoms with van der Waals surface area (Å²) in [5.41, 5.74) is 0. The van der Waals surface area contributed by atoms with E-state index < -0.39 is 0 Å². The average molecular weight is 330 g/mol. The van der Waals surface area contributed by atoms with Gasteiger partial charge in [0.15, 0.2) is 0 Å². The minimum absolute atomic E-state index is 0. The van der Waals surface area contributed by atoms with Gasteiger partial charge in [0.2, 0.25) is 0 Å². The molecule has 0 amide bonds. The molecular weight excluding hydrogens is 326 g/mol. The maximum atomic E-state index is 0. The molecule has 4 nitrogen and oxygen atoms in total. The van der Waals surface area contributed by atoms with E-state index in [1.54, 1.807) is 0 Å². The van der Waals surface area contributed by atoms with Crippen LogP contribution in [-0.2, 0) is 21.7 Å². The molecule has 0 heterocycles. The van der Waals surface area contributed by atoms with Crippen molar-refractivity contribution in [1.29, 1.82) is 0 Å². The summed E-state index contributed by atoms with van der Waals surface area (Å²) < 4.78 is 0. The van der Waals surface area contributed by atoms with E-state index >= 15 is 0 Å². The monoisotopic (exact) mass is 327 g/mol. The molecule has 0 saturated heterocycles. The van der Waals surface area contributed by atoms with Crippen molar-refractivity contribution in [2.24, 2.45) is 0 Å². The zero-order valence-corrected chi connectivity index (χ0v) is 10.6. The van der Waals surface area contributed by atoms with E-state index in [9.17, 15) is 0 Å². The topological polar surface area (TPSA) is 120 Å². The molecule has 0 aliphatic heterocycles. The van der Waals surface area contributed by atoms with Crippen LogP contribution in [0.5, 0.6) is 0 Å². The fourth-order valence-electron chi connectivity index (χ4n) is 0. The summed E-state index contributed by atoms with van der Waals surface area (Å²) >= 11 is 0. The first kappa shape index (κ1) is 108. The third-order valence-corrected chi connectivity index (χ3v) is 0. The van der Waals surface area contributed by atoms with Crippen LogP contribution in [0.1, 0.15) is 0 Å². The second kappa shape index (κ2) is 75.2. The fraction of sp³-hybridized carbons (Fsp3) is 0. The SMILES string of the molecule is [Ga+3].[Nd+3].[OH-].[OH-].[OH-].[OH-].[Ti]. The summed E-state index contributed by atoms with van der Waals surface area (Å²) in [7, 11) is 0. The van der Waals surface area contributed by atoms with E-state index in [4.69, 9.17) is 0 Å². The molecule has 0 saturated carbocycles. The molecule has 0 aromatic heterocycles. The van der Waals surface area contributed by atoms with Crippen LogP contribution in [-0.4, -0.2) is 41.7 Å². The van der Waals surface area contributed by atoms with Crippen molar-refractivity contribution in [3.05, 3.63) is 0 Å². The van der Waals surface area contributed by atoms with Gasteiger partial charge in [0, 0.05) is 21.7 Å². The van der Waals surface area contributed by atoms with Gasteiger partial charge in [-0.05, 0) is 0 Å². The van der Waals surface area contributed by atoms with Crippen molar-refractivity contribution in [1.82, 2.24) is 0 Å². The molecule has 0 spiro atoms. The Labute approximate surface area is 103 Å². The summed E-state index contributed by atoms with van der Waals surface area (Å²) in [5, 5.41) is 0. The molecule has 7 heavy (non-hydrogen) atoms. The van der Waals surface area contributed by atoms with Crippen LogP contribution in [0.2, 0.25) is 0 Å². The van der Waals surface area contributed by atoms with Gasteiger partial charge in [-0.15, -0.1) is 0 Å². The summed E-state index contributed by atoms with van der Waals surface area (Å²) in [6.45, 7) is 0. The second-order valence-corrected chi connectivity index (χ2v) is 0. The Balaban J connectivity index is 0. The molecule has 1 radical (unpaired) electrons. The molecule has 0 fully saturated rings. The number of hydrogen-bond acceptors (Lipinski definition) is 4. The third kappa shape index (κ3) is 56.6. The fourth-order valence-corrected chi connectivity index (χ4v) is 0. The van der Waals surface area contributed by atoms with E-state index in [0.29, 0.717) is 0 Å². The molecule has 0 unspecified atom stereocenters. The van der Waals surface area contributed by atoms with Crippen molar-refractivity contribution in [2.75, 3.05) is 0 Å².